The third-order valence-electron chi connectivity index (χ3n) is 18.8. The summed E-state index contributed by atoms with van der Waals surface area (Å²) in [5.74, 6) is 3.12. The Morgan fingerprint density at radius 3 is 1.23 bits per heavy atom. The van der Waals surface area contributed by atoms with Crippen molar-refractivity contribution < 1.29 is 58.3 Å². The number of anilines is 3. The molecule has 0 fully saturated rings. The molecule has 3 amide bonds. The van der Waals surface area contributed by atoms with Gasteiger partial charge >= 0.3 is 18.5 Å². The zero-order valence-corrected chi connectivity index (χ0v) is 60.4. The van der Waals surface area contributed by atoms with Crippen molar-refractivity contribution in [2.24, 2.45) is 7.05 Å². The van der Waals surface area contributed by atoms with Crippen molar-refractivity contribution in [3.63, 3.8) is 0 Å². The summed E-state index contributed by atoms with van der Waals surface area (Å²) < 4.78 is 136. The van der Waals surface area contributed by atoms with Crippen LogP contribution in [0.2, 0.25) is 0 Å². The van der Waals surface area contributed by atoms with Crippen LogP contribution in [0.15, 0.2) is 176 Å². The first-order valence-electron chi connectivity index (χ1n) is 34.9. The second-order valence-electron chi connectivity index (χ2n) is 27.7. The maximum atomic E-state index is 14.5. The number of aryl methyl sites for hydroxylation is 3. The van der Waals surface area contributed by atoms with E-state index in [-0.39, 0.29) is 102 Å². The molecule has 6 aromatic heterocycles. The molecule has 0 saturated carbocycles. The molecule has 112 heavy (non-hydrogen) atoms. The number of carbonyl (C=O) groups is 3. The van der Waals surface area contributed by atoms with Crippen molar-refractivity contribution in [3.8, 4) is 56.9 Å². The minimum atomic E-state index is -4.53. The van der Waals surface area contributed by atoms with Crippen molar-refractivity contribution in [1.82, 2.24) is 59.0 Å². The summed E-state index contributed by atoms with van der Waals surface area (Å²) in [6, 6.07) is 43.1. The molecule has 582 valence electrons. The predicted molar refractivity (Wildman–Crippen MR) is 410 cm³/mol. The van der Waals surface area contributed by atoms with E-state index in [1.807, 2.05) is 56.3 Å². The topological polar surface area (TPSA) is 192 Å². The molecule has 0 saturated heterocycles. The Balaban J connectivity index is 0.000000176. The van der Waals surface area contributed by atoms with Gasteiger partial charge in [0.05, 0.1) is 56.0 Å². The molecular weight excluding hydrogens is 1460 g/mol. The van der Waals surface area contributed by atoms with Crippen molar-refractivity contribution in [3.05, 3.63) is 261 Å². The highest BCUT2D eigenvalue weighted by Gasteiger charge is 2.39. The highest BCUT2D eigenvalue weighted by atomic mass is 19.4. The van der Waals surface area contributed by atoms with Crippen LogP contribution in [0.1, 0.15) is 160 Å². The van der Waals surface area contributed by atoms with E-state index in [2.05, 4.69) is 68.9 Å². The van der Waals surface area contributed by atoms with Gasteiger partial charge in [0.1, 0.15) is 34.8 Å². The maximum absolute atomic E-state index is 14.5. The zero-order valence-electron chi connectivity index (χ0n) is 60.4. The SMILES string of the molecule is C.C.C.CC(C)c1c(F)cccc1-c1ncc2c(n1)N(Cc1ccc(-c3nc(C(F)(F)F)cn3C)cc1)C(=O)C2.Cc1cc(C(F)(F)F)n(-c2ccc(CN3C(=O)Cc4cnc(-c5ccccc5C(C)C)nc43)cc2)n1.Cc1cc(C(F)(F)F)nn1-c1ccc(CN2C(=O)Cc3cnc(-c4ccccc4C(C)C)nc32)cc1. The number of aromatic nitrogens is 12. The highest BCUT2D eigenvalue weighted by molar-refractivity contribution is 6.02. The van der Waals surface area contributed by atoms with Crippen molar-refractivity contribution in [1.29, 1.82) is 0 Å². The van der Waals surface area contributed by atoms with E-state index < -0.39 is 35.6 Å². The van der Waals surface area contributed by atoms with Crippen molar-refractivity contribution in [2.45, 2.75) is 153 Å². The number of nitrogens with zero attached hydrogens (tertiary/aromatic N) is 15. The molecule has 3 aliphatic rings. The number of fused-ring (bicyclic) bond motifs is 3. The van der Waals surface area contributed by atoms with Crippen LogP contribution in [0.5, 0.6) is 0 Å². The second kappa shape index (κ2) is 32.8. The molecule has 0 N–H and O–H groups in total. The number of imidazole rings is 1. The van der Waals surface area contributed by atoms with Gasteiger partial charge in [0, 0.05) is 82.0 Å². The summed E-state index contributed by atoms with van der Waals surface area (Å²) in [6.07, 6.45) is -6.98. The maximum Gasteiger partial charge on any atom is 0.435 e. The van der Waals surface area contributed by atoms with Gasteiger partial charge in [-0.15, -0.1) is 0 Å². The van der Waals surface area contributed by atoms with E-state index in [0.29, 0.717) is 86.7 Å². The van der Waals surface area contributed by atoms with Crippen LogP contribution in [0.25, 0.3) is 56.9 Å². The van der Waals surface area contributed by atoms with Crippen LogP contribution in [-0.4, -0.2) is 76.7 Å². The van der Waals surface area contributed by atoms with Gasteiger partial charge in [0.15, 0.2) is 28.9 Å². The fraction of sp³-hybridized carbons (Fsp3) is 0.286. The predicted octanol–water partition coefficient (Wildman–Crippen LogP) is 19.6. The molecule has 0 radical (unpaired) electrons. The molecule has 0 bridgehead atoms. The molecule has 0 atom stereocenters. The van der Waals surface area contributed by atoms with Crippen LogP contribution >= 0.6 is 0 Å². The smallest absolute Gasteiger partial charge is 0.333 e. The summed E-state index contributed by atoms with van der Waals surface area (Å²) in [7, 11) is 1.51. The fourth-order valence-electron chi connectivity index (χ4n) is 13.4. The lowest BCUT2D eigenvalue weighted by Gasteiger charge is -2.18. The summed E-state index contributed by atoms with van der Waals surface area (Å²) in [5.41, 5.74) is 9.03. The van der Waals surface area contributed by atoms with E-state index in [1.54, 1.807) is 125 Å². The molecule has 28 heteroatoms. The molecule has 9 heterocycles. The van der Waals surface area contributed by atoms with Crippen molar-refractivity contribution in [2.75, 3.05) is 14.7 Å². The quantitative estimate of drug-likeness (QED) is 0.0884. The number of halogens is 10. The fourth-order valence-corrected chi connectivity index (χ4v) is 13.4. The minimum absolute atomic E-state index is 0. The molecule has 12 aromatic rings. The van der Waals surface area contributed by atoms with E-state index in [0.717, 1.165) is 73.1 Å². The summed E-state index contributed by atoms with van der Waals surface area (Å²) >= 11 is 0. The van der Waals surface area contributed by atoms with Gasteiger partial charge in [-0.3, -0.25) is 29.1 Å². The monoisotopic (exact) mass is 1540 g/mol. The average Bonchev–Trinajstić information content (AvgIpc) is 1.61. The molecule has 18 nitrogen and oxygen atoms in total. The first-order valence-corrected chi connectivity index (χ1v) is 34.9. The van der Waals surface area contributed by atoms with E-state index in [9.17, 15) is 58.3 Å². The average molecular weight is 1540 g/mol. The first-order chi connectivity index (χ1) is 51.8. The van der Waals surface area contributed by atoms with Crippen molar-refractivity contribution >= 4 is 35.2 Å². The Labute approximate surface area is 642 Å². The minimum Gasteiger partial charge on any atom is -0.333 e. The number of amides is 3. The Kier molecular flexibility index (Phi) is 24.2. The highest BCUT2D eigenvalue weighted by Crippen LogP contribution is 2.40. The Hall–Kier alpha value is -12.1. The second-order valence-corrected chi connectivity index (χ2v) is 27.7. The van der Waals surface area contributed by atoms with Crippen LogP contribution in [-0.2, 0) is 78.9 Å². The van der Waals surface area contributed by atoms with E-state index in [4.69, 9.17) is 9.97 Å². The number of carbonyl (C=O) groups excluding carboxylic acids is 3. The third-order valence-corrected chi connectivity index (χ3v) is 18.8. The largest absolute Gasteiger partial charge is 0.435 e. The van der Waals surface area contributed by atoms with Gasteiger partial charge in [-0.1, -0.05) is 173 Å². The van der Waals surface area contributed by atoms with E-state index >= 15 is 0 Å². The van der Waals surface area contributed by atoms with E-state index in [1.165, 1.54) is 29.3 Å². The van der Waals surface area contributed by atoms with Crippen LogP contribution < -0.4 is 14.7 Å². The zero-order chi connectivity index (χ0) is 77.7. The molecule has 0 aliphatic carbocycles. The van der Waals surface area contributed by atoms with Gasteiger partial charge < -0.3 is 4.57 Å². The molecule has 15 rings (SSSR count). The summed E-state index contributed by atoms with van der Waals surface area (Å²) in [4.78, 5) is 74.6. The van der Waals surface area contributed by atoms with Gasteiger partial charge in [0.2, 0.25) is 17.7 Å². The number of hydrogen-bond acceptors (Lipinski definition) is 12. The van der Waals surface area contributed by atoms with Gasteiger partial charge in [-0.05, 0) is 102 Å². The Morgan fingerprint density at radius 1 is 0.438 bits per heavy atom. The summed E-state index contributed by atoms with van der Waals surface area (Å²) in [6.45, 7) is 16.1. The normalized spacial score (nSPS) is 13.2. The van der Waals surface area contributed by atoms with Gasteiger partial charge in [-0.25, -0.2) is 48.6 Å². The van der Waals surface area contributed by atoms with Gasteiger partial charge in [0.25, 0.3) is 0 Å². The lowest BCUT2D eigenvalue weighted by molar-refractivity contribution is -0.143. The number of benzene rings is 6. The van der Waals surface area contributed by atoms with Gasteiger partial charge in [-0.2, -0.15) is 49.7 Å². The standard InChI is InChI=1S/C27H23F4N5O.2C27H24F3N5O.3CH4/c1-15(2)23-19(5-4-6-20(23)28)24-32-12-18-11-22(37)36(26(18)34-24)13-16-7-9-17(10-8-16)25-33-21(14-35(25)3)27(29,30)31;1-16(2)21-6-4-5-7-22(21)25-31-14-19-13-24(36)34(26(19)32-25)15-18-8-10-20(11-9-18)35-17(3)12-23(33-35)27(28,29)30;1-16(2)21-6-4-5-7-22(21)25-31-14-19-13-24(36)34(26(19)32-25)15-18-8-10-20(11-9-18)35-23(27(28,29)30)12-17(3)33-35;;;/h4-10,12,14-15H,11,13H2,1-3H3;2*4-12,14,16H,13,15H2,1-3H3;3*1H4. The Bertz CT molecular complexity index is 5430. The third kappa shape index (κ3) is 17.2. The van der Waals surface area contributed by atoms with Crippen LogP contribution in [0.4, 0.5) is 61.4 Å². The molecule has 3 aliphatic heterocycles. The summed E-state index contributed by atoms with van der Waals surface area (Å²) in [5, 5.41) is 7.69. The lowest BCUT2D eigenvalue weighted by Crippen LogP contribution is -2.26. The molecule has 6 aromatic carbocycles. The molecular formula is C84H83F10N15O3. The van der Waals surface area contributed by atoms with Crippen LogP contribution in [0.3, 0.4) is 0 Å². The molecule has 0 spiro atoms. The number of alkyl halides is 9. The molecule has 0 unspecified atom stereocenters. The number of rotatable bonds is 15. The van der Waals surface area contributed by atoms with Crippen LogP contribution in [0, 0.1) is 19.7 Å². The lowest BCUT2D eigenvalue weighted by atomic mass is 9.96. The first kappa shape index (κ1) is 82.4. The number of hydrogen-bond donors (Lipinski definition) is 0. The Morgan fingerprint density at radius 2 is 0.839 bits per heavy atom.